The van der Waals surface area contributed by atoms with Gasteiger partial charge in [-0.2, -0.15) is 5.10 Å². The molecule has 138 valence electrons. The molecule has 7 heteroatoms. The molecule has 2 aromatic carbocycles. The molecule has 0 spiro atoms. The van der Waals surface area contributed by atoms with E-state index in [0.717, 1.165) is 5.56 Å². The zero-order chi connectivity index (χ0) is 19.5. The van der Waals surface area contributed by atoms with Gasteiger partial charge in [0.15, 0.2) is 0 Å². The van der Waals surface area contributed by atoms with Crippen LogP contribution in [-0.2, 0) is 0 Å². The van der Waals surface area contributed by atoms with Gasteiger partial charge in [-0.1, -0.05) is 23.7 Å². The van der Waals surface area contributed by atoms with Crippen LogP contribution in [0.3, 0.4) is 0 Å². The maximum Gasteiger partial charge on any atom is 0.259 e. The predicted molar refractivity (Wildman–Crippen MR) is 106 cm³/mol. The predicted octanol–water partition coefficient (Wildman–Crippen LogP) is 4.98. The molecule has 4 rings (SSSR count). The summed E-state index contributed by atoms with van der Waals surface area (Å²) in [7, 11) is 0. The summed E-state index contributed by atoms with van der Waals surface area (Å²) in [6, 6.07) is 16.5. The Morgan fingerprint density at radius 3 is 2.57 bits per heavy atom. The lowest BCUT2D eigenvalue weighted by Crippen LogP contribution is -2.13. The molecular formula is C21H14ClFN4O. The normalized spacial score (nSPS) is 10.6. The van der Waals surface area contributed by atoms with Crippen LogP contribution in [0.1, 0.15) is 10.4 Å². The number of hydrogen-bond acceptors (Lipinski definition) is 3. The van der Waals surface area contributed by atoms with Crippen molar-refractivity contribution in [2.24, 2.45) is 0 Å². The largest absolute Gasteiger partial charge is 0.322 e. The van der Waals surface area contributed by atoms with E-state index in [1.165, 1.54) is 24.4 Å². The molecule has 28 heavy (non-hydrogen) atoms. The van der Waals surface area contributed by atoms with Crippen molar-refractivity contribution in [3.8, 4) is 16.9 Å². The van der Waals surface area contributed by atoms with Gasteiger partial charge in [-0.05, 0) is 48.5 Å². The summed E-state index contributed by atoms with van der Waals surface area (Å²) in [5, 5.41) is 7.65. The van der Waals surface area contributed by atoms with Crippen LogP contribution in [0.5, 0.6) is 0 Å². The summed E-state index contributed by atoms with van der Waals surface area (Å²) in [5.74, 6) is -0.826. The molecule has 0 atom stereocenters. The van der Waals surface area contributed by atoms with Crippen molar-refractivity contribution in [1.82, 2.24) is 14.8 Å². The molecule has 0 saturated heterocycles. The monoisotopic (exact) mass is 392 g/mol. The number of halogens is 2. The Morgan fingerprint density at radius 2 is 1.82 bits per heavy atom. The second kappa shape index (κ2) is 7.62. The van der Waals surface area contributed by atoms with E-state index in [1.807, 2.05) is 12.1 Å². The molecule has 0 saturated carbocycles. The first-order valence-electron chi connectivity index (χ1n) is 8.43. The lowest BCUT2D eigenvalue weighted by Gasteiger charge is -2.11. The topological polar surface area (TPSA) is 59.8 Å². The maximum absolute atomic E-state index is 13.4. The average Bonchev–Trinajstić information content (AvgIpc) is 3.14. The Bertz CT molecular complexity index is 1140. The molecule has 0 fully saturated rings. The van der Waals surface area contributed by atoms with E-state index in [4.69, 9.17) is 11.6 Å². The summed E-state index contributed by atoms with van der Waals surface area (Å²) in [6.07, 6.45) is 4.75. The molecule has 0 radical (unpaired) electrons. The van der Waals surface area contributed by atoms with Gasteiger partial charge in [0, 0.05) is 28.7 Å². The number of rotatable bonds is 4. The zero-order valence-electron chi connectivity index (χ0n) is 14.5. The van der Waals surface area contributed by atoms with E-state index >= 15 is 0 Å². The van der Waals surface area contributed by atoms with E-state index < -0.39 is 11.7 Å². The lowest BCUT2D eigenvalue weighted by molar-refractivity contribution is 0.102. The van der Waals surface area contributed by atoms with Crippen LogP contribution < -0.4 is 5.32 Å². The van der Waals surface area contributed by atoms with Crippen molar-refractivity contribution in [3.05, 3.63) is 95.7 Å². The Kier molecular flexibility index (Phi) is 4.87. The summed E-state index contributed by atoms with van der Waals surface area (Å²) < 4.78 is 15.1. The summed E-state index contributed by atoms with van der Waals surface area (Å²) in [5.41, 5.74) is 2.76. The number of nitrogens with zero attached hydrogens (tertiary/aromatic N) is 3. The smallest absolute Gasteiger partial charge is 0.259 e. The molecule has 1 amide bonds. The quantitative estimate of drug-likeness (QED) is 0.533. The van der Waals surface area contributed by atoms with Gasteiger partial charge < -0.3 is 5.32 Å². The van der Waals surface area contributed by atoms with E-state index in [9.17, 15) is 9.18 Å². The molecule has 2 heterocycles. The second-order valence-electron chi connectivity index (χ2n) is 6.00. The number of amides is 1. The number of nitrogens with one attached hydrogen (secondary N) is 1. The summed E-state index contributed by atoms with van der Waals surface area (Å²) in [4.78, 5) is 16.9. The van der Waals surface area contributed by atoms with E-state index in [-0.39, 0.29) is 0 Å². The van der Waals surface area contributed by atoms with Gasteiger partial charge in [0.1, 0.15) is 5.82 Å². The van der Waals surface area contributed by atoms with Crippen molar-refractivity contribution in [2.75, 3.05) is 5.32 Å². The van der Waals surface area contributed by atoms with Crippen LogP contribution in [0.25, 0.3) is 16.9 Å². The molecule has 2 aromatic heterocycles. The van der Waals surface area contributed by atoms with Crippen molar-refractivity contribution < 1.29 is 9.18 Å². The maximum atomic E-state index is 13.4. The molecule has 1 N–H and O–H groups in total. The minimum Gasteiger partial charge on any atom is -0.322 e. The summed E-state index contributed by atoms with van der Waals surface area (Å²) in [6.45, 7) is 0. The van der Waals surface area contributed by atoms with Crippen molar-refractivity contribution >= 4 is 23.2 Å². The van der Waals surface area contributed by atoms with E-state index in [2.05, 4.69) is 15.4 Å². The standard InChI is InChI=1S/C21H14ClFN4O/c22-15-3-1-6-18(11-15)27-20(14-7-9-24-10-8-14)19(13-25-27)21(28)26-17-5-2-4-16(23)12-17/h1-13H,(H,26,28). The van der Waals surface area contributed by atoms with Gasteiger partial charge in [0.25, 0.3) is 5.91 Å². The number of hydrogen-bond donors (Lipinski definition) is 1. The highest BCUT2D eigenvalue weighted by Gasteiger charge is 2.20. The zero-order valence-corrected chi connectivity index (χ0v) is 15.3. The Morgan fingerprint density at radius 1 is 1.04 bits per heavy atom. The van der Waals surface area contributed by atoms with Crippen LogP contribution in [0.15, 0.2) is 79.3 Å². The number of anilines is 1. The van der Waals surface area contributed by atoms with Gasteiger partial charge in [-0.15, -0.1) is 0 Å². The highest BCUT2D eigenvalue weighted by Crippen LogP contribution is 2.28. The van der Waals surface area contributed by atoms with Crippen LogP contribution in [-0.4, -0.2) is 20.7 Å². The molecule has 0 unspecified atom stereocenters. The first-order chi connectivity index (χ1) is 13.6. The first-order valence-corrected chi connectivity index (χ1v) is 8.81. The minimum absolute atomic E-state index is 0.343. The third-order valence-corrected chi connectivity index (χ3v) is 4.34. The lowest BCUT2D eigenvalue weighted by atomic mass is 10.1. The Labute approximate surface area is 165 Å². The van der Waals surface area contributed by atoms with Crippen LogP contribution in [0.4, 0.5) is 10.1 Å². The molecule has 5 nitrogen and oxygen atoms in total. The van der Waals surface area contributed by atoms with Gasteiger partial charge >= 0.3 is 0 Å². The molecule has 0 bridgehead atoms. The van der Waals surface area contributed by atoms with Crippen molar-refractivity contribution in [1.29, 1.82) is 0 Å². The number of carbonyl (C=O) groups is 1. The molecule has 0 aliphatic rings. The minimum atomic E-state index is -0.429. The van der Waals surface area contributed by atoms with Gasteiger partial charge in [0.05, 0.1) is 23.1 Å². The third kappa shape index (κ3) is 3.63. The van der Waals surface area contributed by atoms with Crippen molar-refractivity contribution in [2.45, 2.75) is 0 Å². The second-order valence-corrected chi connectivity index (χ2v) is 6.44. The van der Waals surface area contributed by atoms with Crippen molar-refractivity contribution in [3.63, 3.8) is 0 Å². The van der Waals surface area contributed by atoms with E-state index in [1.54, 1.807) is 47.4 Å². The molecule has 4 aromatic rings. The van der Waals surface area contributed by atoms with Crippen LogP contribution >= 0.6 is 11.6 Å². The number of carbonyl (C=O) groups excluding carboxylic acids is 1. The number of benzene rings is 2. The molecular weight excluding hydrogens is 379 g/mol. The van der Waals surface area contributed by atoms with Crippen LogP contribution in [0, 0.1) is 5.82 Å². The van der Waals surface area contributed by atoms with E-state index in [0.29, 0.717) is 27.7 Å². The SMILES string of the molecule is O=C(Nc1cccc(F)c1)c1cnn(-c2cccc(Cl)c2)c1-c1ccncc1. The fourth-order valence-electron chi connectivity index (χ4n) is 2.87. The number of pyridine rings is 1. The summed E-state index contributed by atoms with van der Waals surface area (Å²) >= 11 is 6.12. The molecule has 0 aliphatic heterocycles. The van der Waals surface area contributed by atoms with Crippen LogP contribution in [0.2, 0.25) is 5.02 Å². The Hall–Kier alpha value is -3.51. The third-order valence-electron chi connectivity index (χ3n) is 4.10. The first kappa shape index (κ1) is 17.9. The fraction of sp³-hybridized carbons (Fsp3) is 0. The molecule has 0 aliphatic carbocycles. The van der Waals surface area contributed by atoms with Gasteiger partial charge in [-0.3, -0.25) is 9.78 Å². The fourth-order valence-corrected chi connectivity index (χ4v) is 3.06. The average molecular weight is 393 g/mol. The van der Waals surface area contributed by atoms with Gasteiger partial charge in [0.2, 0.25) is 0 Å². The highest BCUT2D eigenvalue weighted by atomic mass is 35.5. The highest BCUT2D eigenvalue weighted by molar-refractivity contribution is 6.30. The number of aromatic nitrogens is 3. The van der Waals surface area contributed by atoms with Gasteiger partial charge in [-0.25, -0.2) is 9.07 Å². The Balaban J connectivity index is 1.80.